The minimum absolute atomic E-state index is 0.537. The molecule has 2 aromatic carbocycles. The second kappa shape index (κ2) is 5.04. The average molecular weight is 251 g/mol. The van der Waals surface area contributed by atoms with Gasteiger partial charge in [-0.05, 0) is 17.7 Å². The van der Waals surface area contributed by atoms with Crippen molar-refractivity contribution in [2.24, 2.45) is 0 Å². The molecule has 0 bridgehead atoms. The smallest absolute Gasteiger partial charge is 0.124 e. The highest BCUT2D eigenvalue weighted by Gasteiger charge is 2.14. The van der Waals surface area contributed by atoms with E-state index in [9.17, 15) is 5.11 Å². The first-order valence-corrected chi connectivity index (χ1v) is 6.05. The van der Waals surface area contributed by atoms with Crippen LogP contribution in [-0.4, -0.2) is 20.1 Å². The Morgan fingerprint density at radius 1 is 0.895 bits per heavy atom. The van der Waals surface area contributed by atoms with Gasteiger partial charge in [0.2, 0.25) is 0 Å². The van der Waals surface area contributed by atoms with E-state index in [4.69, 9.17) is 0 Å². The van der Waals surface area contributed by atoms with Crippen LogP contribution in [0.5, 0.6) is 0 Å². The maximum absolute atomic E-state index is 10.2. The van der Waals surface area contributed by atoms with Crippen molar-refractivity contribution >= 4 is 0 Å². The Morgan fingerprint density at radius 2 is 1.53 bits per heavy atom. The normalized spacial score (nSPS) is 12.3. The lowest BCUT2D eigenvalue weighted by atomic mass is 10.1. The van der Waals surface area contributed by atoms with Crippen molar-refractivity contribution < 1.29 is 5.11 Å². The molecule has 4 nitrogen and oxygen atoms in total. The molecule has 0 aliphatic heterocycles. The number of para-hydroxylation sites is 1. The molecule has 4 heteroatoms. The van der Waals surface area contributed by atoms with Crippen LogP contribution < -0.4 is 0 Å². The first-order chi connectivity index (χ1) is 9.34. The van der Waals surface area contributed by atoms with E-state index >= 15 is 0 Å². The highest BCUT2D eigenvalue weighted by atomic mass is 16.3. The molecular weight excluding hydrogens is 238 g/mol. The third-order valence-electron chi connectivity index (χ3n) is 2.93. The fourth-order valence-electron chi connectivity index (χ4n) is 1.92. The molecule has 0 aliphatic carbocycles. The van der Waals surface area contributed by atoms with Crippen molar-refractivity contribution in [3.8, 4) is 5.69 Å². The molecule has 0 amide bonds. The van der Waals surface area contributed by atoms with Gasteiger partial charge in [0.05, 0.1) is 11.9 Å². The lowest BCUT2D eigenvalue weighted by Crippen LogP contribution is -1.99. The number of hydrogen-bond donors (Lipinski definition) is 1. The van der Waals surface area contributed by atoms with Crippen molar-refractivity contribution in [1.29, 1.82) is 0 Å². The van der Waals surface area contributed by atoms with E-state index in [0.29, 0.717) is 5.69 Å². The average Bonchev–Trinajstić information content (AvgIpc) is 2.98. The highest BCUT2D eigenvalue weighted by molar-refractivity contribution is 5.31. The topological polar surface area (TPSA) is 50.9 Å². The van der Waals surface area contributed by atoms with Gasteiger partial charge < -0.3 is 5.11 Å². The Morgan fingerprint density at radius 3 is 2.21 bits per heavy atom. The van der Waals surface area contributed by atoms with Gasteiger partial charge in [0.15, 0.2) is 0 Å². The van der Waals surface area contributed by atoms with Crippen molar-refractivity contribution in [2.45, 2.75) is 6.10 Å². The predicted molar refractivity (Wildman–Crippen MR) is 71.9 cm³/mol. The summed E-state index contributed by atoms with van der Waals surface area (Å²) in [6, 6.07) is 19.1. The van der Waals surface area contributed by atoms with Crippen LogP contribution >= 0.6 is 0 Å². The van der Waals surface area contributed by atoms with Crippen molar-refractivity contribution in [1.82, 2.24) is 15.0 Å². The van der Waals surface area contributed by atoms with Gasteiger partial charge in [-0.15, -0.1) is 5.10 Å². The second-order valence-corrected chi connectivity index (χ2v) is 4.24. The summed E-state index contributed by atoms with van der Waals surface area (Å²) in [4.78, 5) is 0. The zero-order valence-electron chi connectivity index (χ0n) is 10.2. The number of rotatable bonds is 3. The summed E-state index contributed by atoms with van der Waals surface area (Å²) in [6.07, 6.45) is 0.992. The summed E-state index contributed by atoms with van der Waals surface area (Å²) in [7, 11) is 0. The summed E-state index contributed by atoms with van der Waals surface area (Å²) in [6.45, 7) is 0. The molecule has 3 rings (SSSR count). The maximum Gasteiger partial charge on any atom is 0.124 e. The van der Waals surface area contributed by atoms with Gasteiger partial charge in [-0.25, -0.2) is 4.68 Å². The second-order valence-electron chi connectivity index (χ2n) is 4.24. The summed E-state index contributed by atoms with van der Waals surface area (Å²) < 4.78 is 1.65. The van der Waals surface area contributed by atoms with Gasteiger partial charge in [0, 0.05) is 0 Å². The maximum atomic E-state index is 10.2. The van der Waals surface area contributed by atoms with E-state index in [1.54, 1.807) is 10.9 Å². The molecule has 0 fully saturated rings. The third-order valence-corrected chi connectivity index (χ3v) is 2.93. The Kier molecular flexibility index (Phi) is 3.08. The van der Waals surface area contributed by atoms with E-state index < -0.39 is 6.10 Å². The lowest BCUT2D eigenvalue weighted by molar-refractivity contribution is 0.215. The van der Waals surface area contributed by atoms with Crippen LogP contribution in [0.2, 0.25) is 0 Å². The summed E-state index contributed by atoms with van der Waals surface area (Å²) in [5.41, 5.74) is 2.26. The van der Waals surface area contributed by atoms with E-state index in [1.807, 2.05) is 60.7 Å². The Bertz CT molecular complexity index is 649. The Balaban J connectivity index is 1.90. The van der Waals surface area contributed by atoms with Crippen LogP contribution in [0.1, 0.15) is 17.4 Å². The molecule has 0 saturated heterocycles. The zero-order chi connectivity index (χ0) is 13.1. The SMILES string of the molecule is O[C@H](c1ccccc1)c1cn(-c2ccccc2)nn1. The highest BCUT2D eigenvalue weighted by Crippen LogP contribution is 2.19. The molecular formula is C15H13N3O. The fourth-order valence-corrected chi connectivity index (χ4v) is 1.92. The number of benzene rings is 2. The van der Waals surface area contributed by atoms with Crippen LogP contribution in [0.3, 0.4) is 0 Å². The number of nitrogens with zero attached hydrogens (tertiary/aromatic N) is 3. The molecule has 1 aromatic heterocycles. The van der Waals surface area contributed by atoms with Gasteiger partial charge in [0.25, 0.3) is 0 Å². The Hall–Kier alpha value is -2.46. The molecule has 0 unspecified atom stereocenters. The molecule has 0 spiro atoms. The molecule has 1 atom stereocenters. The summed E-state index contributed by atoms with van der Waals surface area (Å²) in [5.74, 6) is 0. The van der Waals surface area contributed by atoms with Gasteiger partial charge >= 0.3 is 0 Å². The van der Waals surface area contributed by atoms with Crippen molar-refractivity contribution in [2.75, 3.05) is 0 Å². The fraction of sp³-hybridized carbons (Fsp3) is 0.0667. The van der Waals surface area contributed by atoms with Crippen LogP contribution in [0.4, 0.5) is 0 Å². The molecule has 1 N–H and O–H groups in total. The van der Waals surface area contributed by atoms with Crippen LogP contribution in [0.25, 0.3) is 5.69 Å². The summed E-state index contributed by atoms with van der Waals surface area (Å²) in [5, 5.41) is 18.3. The number of hydrogen-bond acceptors (Lipinski definition) is 3. The largest absolute Gasteiger partial charge is 0.382 e. The molecule has 1 heterocycles. The van der Waals surface area contributed by atoms with E-state index in [0.717, 1.165) is 11.3 Å². The minimum atomic E-state index is -0.751. The quantitative estimate of drug-likeness (QED) is 0.777. The van der Waals surface area contributed by atoms with Crippen LogP contribution in [0.15, 0.2) is 66.9 Å². The monoisotopic (exact) mass is 251 g/mol. The van der Waals surface area contributed by atoms with Crippen molar-refractivity contribution in [3.63, 3.8) is 0 Å². The number of aliphatic hydroxyl groups excluding tert-OH is 1. The predicted octanol–water partition coefficient (Wildman–Crippen LogP) is 2.35. The zero-order valence-corrected chi connectivity index (χ0v) is 10.2. The molecule has 3 aromatic rings. The summed E-state index contributed by atoms with van der Waals surface area (Å²) >= 11 is 0. The van der Waals surface area contributed by atoms with Crippen molar-refractivity contribution in [3.05, 3.63) is 78.1 Å². The Labute approximate surface area is 111 Å². The van der Waals surface area contributed by atoms with Crippen LogP contribution in [0, 0.1) is 0 Å². The van der Waals surface area contributed by atoms with E-state index in [1.165, 1.54) is 0 Å². The van der Waals surface area contributed by atoms with Gasteiger partial charge in [-0.2, -0.15) is 0 Å². The minimum Gasteiger partial charge on any atom is -0.382 e. The molecule has 0 saturated carbocycles. The van der Waals surface area contributed by atoms with Gasteiger partial charge in [-0.1, -0.05) is 53.7 Å². The number of aliphatic hydroxyl groups is 1. The third kappa shape index (κ3) is 2.39. The first kappa shape index (κ1) is 11.6. The lowest BCUT2D eigenvalue weighted by Gasteiger charge is -2.06. The molecule has 94 valence electrons. The molecule has 19 heavy (non-hydrogen) atoms. The molecule has 0 aliphatic rings. The van der Waals surface area contributed by atoms with Gasteiger partial charge in [0.1, 0.15) is 11.8 Å². The number of aromatic nitrogens is 3. The first-order valence-electron chi connectivity index (χ1n) is 6.05. The van der Waals surface area contributed by atoms with Gasteiger partial charge in [-0.3, -0.25) is 0 Å². The van der Waals surface area contributed by atoms with E-state index in [-0.39, 0.29) is 0 Å². The molecule has 0 radical (unpaired) electrons. The van der Waals surface area contributed by atoms with Crippen LogP contribution in [-0.2, 0) is 0 Å². The van der Waals surface area contributed by atoms with E-state index in [2.05, 4.69) is 10.3 Å². The standard InChI is InChI=1S/C15H13N3O/c19-15(12-7-3-1-4-8-12)14-11-18(17-16-14)13-9-5-2-6-10-13/h1-11,15,19H/t15-/m1/s1.